The van der Waals surface area contributed by atoms with Gasteiger partial charge in [-0.25, -0.2) is 9.97 Å². The fourth-order valence-corrected chi connectivity index (χ4v) is 5.12. The molecule has 2 aliphatic rings. The first-order valence-electron chi connectivity index (χ1n) is 13.9. The van der Waals surface area contributed by atoms with E-state index in [1.165, 1.54) is 23.5 Å². The van der Waals surface area contributed by atoms with Gasteiger partial charge in [-0.2, -0.15) is 0 Å². The van der Waals surface area contributed by atoms with Crippen molar-refractivity contribution in [3.05, 3.63) is 83.7 Å². The van der Waals surface area contributed by atoms with Gasteiger partial charge in [0.1, 0.15) is 6.04 Å². The molecule has 204 valence electrons. The summed E-state index contributed by atoms with van der Waals surface area (Å²) in [5.74, 6) is 0.790. The van der Waals surface area contributed by atoms with Gasteiger partial charge in [-0.05, 0) is 45.3 Å². The number of likely N-dealkylation sites (N-methyl/N-ethyl adjacent to an activating group) is 1. The predicted octanol–water partition coefficient (Wildman–Crippen LogP) is 3.25. The standard InChI is InChI=1S/C31H38N6O2/c1-22-10-12-23(13-11-22)26-19-28(26)32-14-6-9-27(31(39)37-17-15-36(2)16-18-37)35-30(38)25-20-33-29(34-21-25)24-7-4-3-5-8-24/h3-5,7-8,10-13,20-21,26-28,32H,6,9,14-19H2,1-2H3,(H,35,38)/t26-,27-,28+/m0/s1. The number of hydrogen-bond donors (Lipinski definition) is 2. The number of piperazine rings is 1. The highest BCUT2D eigenvalue weighted by atomic mass is 16.2. The molecule has 0 unspecified atom stereocenters. The lowest BCUT2D eigenvalue weighted by molar-refractivity contribution is -0.135. The van der Waals surface area contributed by atoms with Crippen LogP contribution in [0.25, 0.3) is 11.4 Å². The maximum absolute atomic E-state index is 13.5. The van der Waals surface area contributed by atoms with Crippen LogP contribution in [0.3, 0.4) is 0 Å². The van der Waals surface area contributed by atoms with E-state index in [0.717, 1.165) is 38.0 Å². The minimum Gasteiger partial charge on any atom is -0.340 e. The Kier molecular flexibility index (Phi) is 8.64. The first-order chi connectivity index (χ1) is 19.0. The summed E-state index contributed by atoms with van der Waals surface area (Å²) < 4.78 is 0. The minimum absolute atomic E-state index is 0.0118. The number of amides is 2. The Morgan fingerprint density at radius 3 is 2.36 bits per heavy atom. The van der Waals surface area contributed by atoms with Crippen molar-refractivity contribution in [2.75, 3.05) is 39.8 Å². The number of aromatic nitrogens is 2. The molecule has 2 fully saturated rings. The number of rotatable bonds is 10. The summed E-state index contributed by atoms with van der Waals surface area (Å²) in [6, 6.07) is 18.3. The molecule has 8 heteroatoms. The smallest absolute Gasteiger partial charge is 0.255 e. The molecular weight excluding hydrogens is 488 g/mol. The van der Waals surface area contributed by atoms with Gasteiger partial charge >= 0.3 is 0 Å². The third-order valence-electron chi connectivity index (χ3n) is 7.74. The molecule has 5 rings (SSSR count). The van der Waals surface area contributed by atoms with Crippen LogP contribution >= 0.6 is 0 Å². The Morgan fingerprint density at radius 2 is 1.67 bits per heavy atom. The van der Waals surface area contributed by atoms with E-state index in [0.29, 0.717) is 42.9 Å². The van der Waals surface area contributed by atoms with E-state index in [4.69, 9.17) is 0 Å². The summed E-state index contributed by atoms with van der Waals surface area (Å²) >= 11 is 0. The van der Waals surface area contributed by atoms with E-state index in [2.05, 4.69) is 63.7 Å². The van der Waals surface area contributed by atoms with Crippen molar-refractivity contribution in [2.24, 2.45) is 0 Å². The van der Waals surface area contributed by atoms with Crippen LogP contribution in [0, 0.1) is 6.92 Å². The number of carbonyl (C=O) groups excluding carboxylic acids is 2. The first-order valence-corrected chi connectivity index (χ1v) is 13.9. The molecular formula is C31H38N6O2. The SMILES string of the molecule is Cc1ccc([C@@H]2C[C@H]2NCCC[C@H](NC(=O)c2cnc(-c3ccccc3)nc2)C(=O)N2CCN(C)CC2)cc1. The fraction of sp³-hybridized carbons (Fsp3) is 0.419. The summed E-state index contributed by atoms with van der Waals surface area (Å²) in [5, 5.41) is 6.63. The van der Waals surface area contributed by atoms with Crippen LogP contribution in [-0.4, -0.2) is 83.4 Å². The van der Waals surface area contributed by atoms with Crippen molar-refractivity contribution in [1.29, 1.82) is 0 Å². The zero-order valence-electron chi connectivity index (χ0n) is 22.8. The lowest BCUT2D eigenvalue weighted by atomic mass is 10.1. The average molecular weight is 527 g/mol. The molecule has 1 aliphatic heterocycles. The number of carbonyl (C=O) groups is 2. The molecule has 0 radical (unpaired) electrons. The van der Waals surface area contributed by atoms with Gasteiger partial charge in [-0.15, -0.1) is 0 Å². The van der Waals surface area contributed by atoms with E-state index in [1.807, 2.05) is 35.2 Å². The molecule has 3 atom stereocenters. The lowest BCUT2D eigenvalue weighted by Crippen LogP contribution is -2.54. The fourth-order valence-electron chi connectivity index (χ4n) is 5.12. The van der Waals surface area contributed by atoms with E-state index < -0.39 is 6.04 Å². The van der Waals surface area contributed by atoms with Crippen molar-refractivity contribution >= 4 is 11.8 Å². The molecule has 3 aromatic rings. The largest absolute Gasteiger partial charge is 0.340 e. The quantitative estimate of drug-likeness (QED) is 0.394. The Hall–Kier alpha value is -3.62. The predicted molar refractivity (Wildman–Crippen MR) is 152 cm³/mol. The van der Waals surface area contributed by atoms with Crippen LogP contribution in [0.5, 0.6) is 0 Å². The van der Waals surface area contributed by atoms with E-state index in [1.54, 1.807) is 0 Å². The number of aryl methyl sites for hydroxylation is 1. The second kappa shape index (κ2) is 12.5. The molecule has 1 aromatic heterocycles. The van der Waals surface area contributed by atoms with Gasteiger partial charge in [0.25, 0.3) is 5.91 Å². The molecule has 1 saturated heterocycles. The number of benzene rings is 2. The maximum Gasteiger partial charge on any atom is 0.255 e. The average Bonchev–Trinajstić information content (AvgIpc) is 3.75. The number of nitrogens with zero attached hydrogens (tertiary/aromatic N) is 4. The lowest BCUT2D eigenvalue weighted by Gasteiger charge is -2.34. The third-order valence-corrected chi connectivity index (χ3v) is 7.74. The second-order valence-electron chi connectivity index (χ2n) is 10.8. The topological polar surface area (TPSA) is 90.5 Å². The van der Waals surface area contributed by atoms with Crippen molar-refractivity contribution in [1.82, 2.24) is 30.4 Å². The Morgan fingerprint density at radius 1 is 0.974 bits per heavy atom. The molecule has 1 saturated carbocycles. The number of hydrogen-bond acceptors (Lipinski definition) is 6. The third kappa shape index (κ3) is 7.07. The maximum atomic E-state index is 13.5. The van der Waals surface area contributed by atoms with Gasteiger partial charge in [-0.3, -0.25) is 9.59 Å². The molecule has 39 heavy (non-hydrogen) atoms. The molecule has 8 nitrogen and oxygen atoms in total. The molecule has 0 spiro atoms. The Bertz CT molecular complexity index is 1240. The first kappa shape index (κ1) is 27.0. The van der Waals surface area contributed by atoms with E-state index in [9.17, 15) is 9.59 Å². The summed E-state index contributed by atoms with van der Waals surface area (Å²) in [6.07, 6.45) is 5.58. The van der Waals surface area contributed by atoms with Gasteiger partial charge in [0.2, 0.25) is 5.91 Å². The zero-order chi connectivity index (χ0) is 27.2. The van der Waals surface area contributed by atoms with Gasteiger partial charge in [0, 0.05) is 56.1 Å². The van der Waals surface area contributed by atoms with Crippen LogP contribution < -0.4 is 10.6 Å². The molecule has 2 amide bonds. The highest BCUT2D eigenvalue weighted by Gasteiger charge is 2.37. The number of nitrogens with one attached hydrogen (secondary N) is 2. The second-order valence-corrected chi connectivity index (χ2v) is 10.8. The Labute approximate surface area is 230 Å². The van der Waals surface area contributed by atoms with Gasteiger partial charge < -0.3 is 20.4 Å². The molecule has 2 heterocycles. The van der Waals surface area contributed by atoms with Crippen molar-refractivity contribution in [3.63, 3.8) is 0 Å². The Balaban J connectivity index is 1.17. The van der Waals surface area contributed by atoms with E-state index in [-0.39, 0.29) is 11.8 Å². The van der Waals surface area contributed by atoms with Gasteiger partial charge in [0.05, 0.1) is 5.56 Å². The molecule has 2 N–H and O–H groups in total. The minimum atomic E-state index is -0.580. The van der Waals surface area contributed by atoms with Crippen LogP contribution in [0.2, 0.25) is 0 Å². The highest BCUT2D eigenvalue weighted by molar-refractivity contribution is 5.97. The van der Waals surface area contributed by atoms with Crippen LogP contribution in [-0.2, 0) is 4.79 Å². The van der Waals surface area contributed by atoms with Crippen LogP contribution in [0.15, 0.2) is 67.0 Å². The van der Waals surface area contributed by atoms with Crippen LogP contribution in [0.4, 0.5) is 0 Å². The van der Waals surface area contributed by atoms with Crippen molar-refractivity contribution in [2.45, 2.75) is 44.2 Å². The van der Waals surface area contributed by atoms with Crippen molar-refractivity contribution < 1.29 is 9.59 Å². The van der Waals surface area contributed by atoms with Gasteiger partial charge in [-0.1, -0.05) is 60.2 Å². The normalized spacial score (nSPS) is 19.9. The highest BCUT2D eigenvalue weighted by Crippen LogP contribution is 2.40. The van der Waals surface area contributed by atoms with Gasteiger partial charge in [0.15, 0.2) is 5.82 Å². The summed E-state index contributed by atoms with van der Waals surface area (Å²) in [6.45, 7) is 5.95. The van der Waals surface area contributed by atoms with E-state index >= 15 is 0 Å². The zero-order valence-corrected chi connectivity index (χ0v) is 22.8. The molecule has 2 aromatic carbocycles. The van der Waals surface area contributed by atoms with Crippen LogP contribution in [0.1, 0.15) is 46.7 Å². The monoisotopic (exact) mass is 526 g/mol. The molecule has 1 aliphatic carbocycles. The molecule has 0 bridgehead atoms. The summed E-state index contributed by atoms with van der Waals surface area (Å²) in [5.41, 5.74) is 3.90. The summed E-state index contributed by atoms with van der Waals surface area (Å²) in [4.78, 5) is 39.4. The summed E-state index contributed by atoms with van der Waals surface area (Å²) in [7, 11) is 2.06. The van der Waals surface area contributed by atoms with Crippen molar-refractivity contribution in [3.8, 4) is 11.4 Å².